The van der Waals surface area contributed by atoms with Crippen LogP contribution in [0.4, 0.5) is 0 Å². The van der Waals surface area contributed by atoms with Gasteiger partial charge in [-0.2, -0.15) is 0 Å². The van der Waals surface area contributed by atoms with Crippen LogP contribution in [0.1, 0.15) is 32.6 Å². The number of nitrogens with zero attached hydrogens (tertiary/aromatic N) is 2. The molecule has 1 amide bonds. The van der Waals surface area contributed by atoms with Crippen molar-refractivity contribution in [3.05, 3.63) is 0 Å². The highest BCUT2D eigenvalue weighted by atomic mass is 16.3. The summed E-state index contributed by atoms with van der Waals surface area (Å²) in [6.45, 7) is 4.06. The first-order valence-electron chi connectivity index (χ1n) is 6.18. The first-order valence-corrected chi connectivity index (χ1v) is 6.18. The van der Waals surface area contributed by atoms with E-state index < -0.39 is 5.60 Å². The molecule has 1 saturated heterocycles. The van der Waals surface area contributed by atoms with E-state index in [-0.39, 0.29) is 5.91 Å². The first kappa shape index (κ1) is 11.9. The van der Waals surface area contributed by atoms with Crippen molar-refractivity contribution in [2.45, 2.75) is 44.2 Å². The van der Waals surface area contributed by atoms with Gasteiger partial charge in [0, 0.05) is 26.2 Å². The molecular formula is C12H22N2O2. The molecule has 2 aliphatic rings. The smallest absolute Gasteiger partial charge is 0.236 e. The molecule has 2 fully saturated rings. The summed E-state index contributed by atoms with van der Waals surface area (Å²) in [4.78, 5) is 15.9. The molecule has 1 aliphatic heterocycles. The number of carbonyl (C=O) groups excluding carboxylic acids is 1. The third kappa shape index (κ3) is 2.95. The van der Waals surface area contributed by atoms with E-state index in [1.807, 2.05) is 18.9 Å². The summed E-state index contributed by atoms with van der Waals surface area (Å²) in [5.74, 6) is 0.226. The van der Waals surface area contributed by atoms with Crippen LogP contribution in [0.5, 0.6) is 0 Å². The van der Waals surface area contributed by atoms with Gasteiger partial charge in [0.15, 0.2) is 0 Å². The van der Waals surface area contributed by atoms with Crippen LogP contribution in [-0.2, 0) is 4.79 Å². The maximum absolute atomic E-state index is 11.9. The predicted octanol–water partition coefficient (Wildman–Crippen LogP) is 0.454. The average Bonchev–Trinajstić information content (AvgIpc) is 3.03. The van der Waals surface area contributed by atoms with Crippen molar-refractivity contribution in [1.29, 1.82) is 0 Å². The van der Waals surface area contributed by atoms with E-state index in [9.17, 15) is 9.90 Å². The van der Waals surface area contributed by atoms with Crippen molar-refractivity contribution in [2.75, 3.05) is 26.7 Å². The fourth-order valence-electron chi connectivity index (χ4n) is 2.16. The molecule has 0 aromatic rings. The zero-order valence-corrected chi connectivity index (χ0v) is 10.3. The largest absolute Gasteiger partial charge is 0.390 e. The maximum Gasteiger partial charge on any atom is 0.236 e. The van der Waals surface area contributed by atoms with Crippen molar-refractivity contribution in [3.8, 4) is 0 Å². The van der Waals surface area contributed by atoms with Crippen LogP contribution < -0.4 is 0 Å². The quantitative estimate of drug-likeness (QED) is 0.760. The second-order valence-electron chi connectivity index (χ2n) is 5.51. The minimum absolute atomic E-state index is 0.226. The third-order valence-electron chi connectivity index (χ3n) is 3.78. The highest BCUT2D eigenvalue weighted by Crippen LogP contribution is 2.26. The molecule has 1 saturated carbocycles. The highest BCUT2D eigenvalue weighted by Gasteiger charge is 2.32. The molecule has 16 heavy (non-hydrogen) atoms. The Kier molecular flexibility index (Phi) is 3.22. The van der Waals surface area contributed by atoms with Crippen LogP contribution in [0.25, 0.3) is 0 Å². The van der Waals surface area contributed by atoms with E-state index in [2.05, 4.69) is 4.90 Å². The van der Waals surface area contributed by atoms with Crippen LogP contribution >= 0.6 is 0 Å². The SMILES string of the molecule is CN(C(=O)CN1CCC(C)(O)CC1)C1CC1. The molecular weight excluding hydrogens is 204 g/mol. The summed E-state index contributed by atoms with van der Waals surface area (Å²) in [6, 6.07) is 0.500. The number of carbonyl (C=O) groups is 1. The molecule has 92 valence electrons. The number of hydrogen-bond acceptors (Lipinski definition) is 3. The number of likely N-dealkylation sites (N-methyl/N-ethyl adjacent to an activating group) is 1. The van der Waals surface area contributed by atoms with Gasteiger partial charge in [-0.25, -0.2) is 0 Å². The van der Waals surface area contributed by atoms with Crippen molar-refractivity contribution in [2.24, 2.45) is 0 Å². The molecule has 4 heteroatoms. The van der Waals surface area contributed by atoms with E-state index in [1.54, 1.807) is 0 Å². The summed E-state index contributed by atoms with van der Waals surface area (Å²) in [5.41, 5.74) is -0.526. The number of hydrogen-bond donors (Lipinski definition) is 1. The zero-order valence-electron chi connectivity index (χ0n) is 10.3. The Bertz CT molecular complexity index is 264. The zero-order chi connectivity index (χ0) is 11.8. The summed E-state index contributed by atoms with van der Waals surface area (Å²) >= 11 is 0. The fraction of sp³-hybridized carbons (Fsp3) is 0.917. The molecule has 0 spiro atoms. The number of piperidine rings is 1. The first-order chi connectivity index (χ1) is 7.48. The maximum atomic E-state index is 11.9. The van der Waals surface area contributed by atoms with Crippen LogP contribution in [0.2, 0.25) is 0 Å². The van der Waals surface area contributed by atoms with E-state index in [1.165, 1.54) is 0 Å². The molecule has 0 aromatic heterocycles. The second kappa shape index (κ2) is 4.34. The molecule has 0 unspecified atom stereocenters. The van der Waals surface area contributed by atoms with Gasteiger partial charge in [-0.15, -0.1) is 0 Å². The lowest BCUT2D eigenvalue weighted by Crippen LogP contribution is -2.46. The van der Waals surface area contributed by atoms with Gasteiger partial charge in [-0.05, 0) is 32.6 Å². The summed E-state index contributed by atoms with van der Waals surface area (Å²) in [5, 5.41) is 9.81. The number of amides is 1. The highest BCUT2D eigenvalue weighted by molar-refractivity contribution is 5.78. The van der Waals surface area contributed by atoms with Gasteiger partial charge in [0.05, 0.1) is 12.1 Å². The molecule has 1 aliphatic carbocycles. The average molecular weight is 226 g/mol. The van der Waals surface area contributed by atoms with Gasteiger partial charge in [-0.1, -0.05) is 0 Å². The molecule has 0 radical (unpaired) electrons. The molecule has 1 heterocycles. The van der Waals surface area contributed by atoms with Gasteiger partial charge in [0.2, 0.25) is 5.91 Å². The van der Waals surface area contributed by atoms with E-state index in [4.69, 9.17) is 0 Å². The molecule has 0 aromatic carbocycles. The molecule has 2 rings (SSSR count). The number of aliphatic hydroxyl groups is 1. The van der Waals surface area contributed by atoms with Gasteiger partial charge in [-0.3, -0.25) is 9.69 Å². The van der Waals surface area contributed by atoms with E-state index in [0.717, 1.165) is 38.8 Å². The Balaban J connectivity index is 1.75. The lowest BCUT2D eigenvalue weighted by Gasteiger charge is -2.36. The Labute approximate surface area is 97.2 Å². The monoisotopic (exact) mass is 226 g/mol. The molecule has 0 bridgehead atoms. The van der Waals surface area contributed by atoms with Crippen molar-refractivity contribution in [3.63, 3.8) is 0 Å². The van der Waals surface area contributed by atoms with Gasteiger partial charge >= 0.3 is 0 Å². The topological polar surface area (TPSA) is 43.8 Å². The summed E-state index contributed by atoms with van der Waals surface area (Å²) in [6.07, 6.45) is 3.87. The summed E-state index contributed by atoms with van der Waals surface area (Å²) in [7, 11) is 1.90. The van der Waals surface area contributed by atoms with Crippen LogP contribution in [0, 0.1) is 0 Å². The fourth-order valence-corrected chi connectivity index (χ4v) is 2.16. The lowest BCUT2D eigenvalue weighted by atomic mass is 9.94. The van der Waals surface area contributed by atoms with Crippen molar-refractivity contribution >= 4 is 5.91 Å². The Morgan fingerprint density at radius 1 is 1.44 bits per heavy atom. The van der Waals surface area contributed by atoms with Crippen LogP contribution in [0.3, 0.4) is 0 Å². The van der Waals surface area contributed by atoms with Gasteiger partial charge in [0.1, 0.15) is 0 Å². The molecule has 1 N–H and O–H groups in total. The summed E-state index contributed by atoms with van der Waals surface area (Å²) < 4.78 is 0. The Hall–Kier alpha value is -0.610. The lowest BCUT2D eigenvalue weighted by molar-refractivity contribution is -0.132. The minimum Gasteiger partial charge on any atom is -0.390 e. The number of likely N-dealkylation sites (tertiary alicyclic amines) is 1. The molecule has 4 nitrogen and oxygen atoms in total. The number of rotatable bonds is 3. The van der Waals surface area contributed by atoms with Gasteiger partial charge in [0.25, 0.3) is 0 Å². The second-order valence-corrected chi connectivity index (χ2v) is 5.51. The third-order valence-corrected chi connectivity index (χ3v) is 3.78. The van der Waals surface area contributed by atoms with E-state index >= 15 is 0 Å². The standard InChI is InChI=1S/C12H22N2O2/c1-12(16)5-7-14(8-6-12)9-11(15)13(2)10-3-4-10/h10,16H,3-9H2,1-2H3. The molecule has 0 atom stereocenters. The van der Waals surface area contributed by atoms with Crippen molar-refractivity contribution < 1.29 is 9.90 Å². The predicted molar refractivity (Wildman–Crippen MR) is 62.1 cm³/mol. The van der Waals surface area contributed by atoms with Gasteiger partial charge < -0.3 is 10.0 Å². The Morgan fingerprint density at radius 2 is 2.00 bits per heavy atom. The van der Waals surface area contributed by atoms with Crippen LogP contribution in [0.15, 0.2) is 0 Å². The minimum atomic E-state index is -0.526. The normalized spacial score (nSPS) is 25.4. The van der Waals surface area contributed by atoms with Crippen molar-refractivity contribution in [1.82, 2.24) is 9.80 Å². The van der Waals surface area contributed by atoms with Crippen LogP contribution in [-0.4, -0.2) is 59.1 Å². The Morgan fingerprint density at radius 3 is 2.50 bits per heavy atom. The van der Waals surface area contributed by atoms with E-state index in [0.29, 0.717) is 12.6 Å².